The van der Waals surface area contributed by atoms with E-state index in [9.17, 15) is 20.1 Å². The van der Waals surface area contributed by atoms with Gasteiger partial charge in [0.25, 0.3) is 0 Å². The van der Waals surface area contributed by atoms with Crippen molar-refractivity contribution in [2.45, 2.75) is 60.8 Å². The molecule has 0 unspecified atom stereocenters. The number of aryl methyl sites for hydroxylation is 4. The highest BCUT2D eigenvalue weighted by molar-refractivity contribution is 6.01. The van der Waals surface area contributed by atoms with Gasteiger partial charge in [-0.15, -0.1) is 0 Å². The predicted octanol–water partition coefficient (Wildman–Crippen LogP) is 8.45. The summed E-state index contributed by atoms with van der Waals surface area (Å²) in [4.78, 5) is 12.3. The first-order valence-corrected chi connectivity index (χ1v) is 13.3. The van der Waals surface area contributed by atoms with Gasteiger partial charge in [0.05, 0.1) is 11.0 Å². The smallest absolute Gasteiger partial charge is 0.336 e. The van der Waals surface area contributed by atoms with Gasteiger partial charge in [-0.3, -0.25) is 0 Å². The number of carboxylic acids is 1. The van der Waals surface area contributed by atoms with E-state index in [-0.39, 0.29) is 17.1 Å². The summed E-state index contributed by atoms with van der Waals surface area (Å²) in [5.74, 6) is -0.468. The fraction of sp³-hybridized carbons (Fsp3) is 0.265. The number of hydrogen-bond donors (Lipinski definition) is 3. The van der Waals surface area contributed by atoms with Crippen molar-refractivity contribution in [2.24, 2.45) is 0 Å². The minimum Gasteiger partial charge on any atom is -0.507 e. The van der Waals surface area contributed by atoms with Crippen molar-refractivity contribution < 1.29 is 20.1 Å². The second-order valence-corrected chi connectivity index (χ2v) is 9.25. The second kappa shape index (κ2) is 11.1. The van der Waals surface area contributed by atoms with Crippen LogP contribution in [0.15, 0.2) is 66.7 Å². The van der Waals surface area contributed by atoms with Crippen LogP contribution in [0.2, 0.25) is 0 Å². The number of fused-ring (bicyclic) bond motifs is 3. The highest BCUT2D eigenvalue weighted by atomic mass is 16.4. The zero-order valence-corrected chi connectivity index (χ0v) is 23.6. The van der Waals surface area contributed by atoms with Crippen LogP contribution < -0.4 is 0 Å². The molecular weight excluding hydrogens is 472 g/mol. The Morgan fingerprint density at radius 1 is 0.632 bits per heavy atom. The van der Waals surface area contributed by atoms with Crippen LogP contribution in [-0.4, -0.2) is 21.3 Å². The molecule has 0 aromatic heterocycles. The maximum atomic E-state index is 12.3. The van der Waals surface area contributed by atoms with E-state index in [1.165, 1.54) is 0 Å². The SMILES string of the molecule is CC.CC.Cc1cc(C2(c3cc(C)c(O)c(C)c3)c3ccccc3-c3c(C(=O)O)cccc32)cc(C)c1O. The van der Waals surface area contributed by atoms with Crippen LogP contribution in [0.3, 0.4) is 0 Å². The van der Waals surface area contributed by atoms with E-state index < -0.39 is 11.4 Å². The van der Waals surface area contributed by atoms with Crippen LogP contribution in [-0.2, 0) is 5.41 Å². The topological polar surface area (TPSA) is 77.8 Å². The van der Waals surface area contributed by atoms with Crippen molar-refractivity contribution in [1.29, 1.82) is 0 Å². The van der Waals surface area contributed by atoms with Crippen molar-refractivity contribution in [2.75, 3.05) is 0 Å². The molecule has 0 amide bonds. The second-order valence-electron chi connectivity index (χ2n) is 9.25. The molecule has 4 nitrogen and oxygen atoms in total. The van der Waals surface area contributed by atoms with Gasteiger partial charge >= 0.3 is 5.97 Å². The number of hydrogen-bond acceptors (Lipinski definition) is 3. The van der Waals surface area contributed by atoms with Gasteiger partial charge in [0, 0.05) is 5.56 Å². The first-order valence-electron chi connectivity index (χ1n) is 13.3. The standard InChI is InChI=1S/C30H26O4.2C2H6/c1-16-12-20(13-17(2)27(16)31)30(21-14-18(3)28(32)19(4)15-21)24-10-6-5-8-22(24)26-23(29(33)34)9-7-11-25(26)30;2*1-2/h5-15,31-32H,1-4H3,(H,33,34);2*1-2H3. The molecule has 4 aromatic carbocycles. The summed E-state index contributed by atoms with van der Waals surface area (Å²) in [7, 11) is 0. The predicted molar refractivity (Wildman–Crippen MR) is 156 cm³/mol. The Labute approximate surface area is 226 Å². The van der Waals surface area contributed by atoms with Gasteiger partial charge in [0.1, 0.15) is 11.5 Å². The number of carboxylic acid groups (broad SMARTS) is 1. The molecule has 4 aromatic rings. The van der Waals surface area contributed by atoms with Gasteiger partial charge in [-0.25, -0.2) is 4.79 Å². The number of benzene rings is 4. The molecule has 0 radical (unpaired) electrons. The average Bonchev–Trinajstić information content (AvgIpc) is 3.23. The van der Waals surface area contributed by atoms with Gasteiger partial charge in [-0.1, -0.05) is 88.4 Å². The largest absolute Gasteiger partial charge is 0.507 e. The van der Waals surface area contributed by atoms with E-state index in [4.69, 9.17) is 0 Å². The Hall–Kier alpha value is -4.05. The van der Waals surface area contributed by atoms with E-state index in [1.54, 1.807) is 12.1 Å². The lowest BCUT2D eigenvalue weighted by atomic mass is 9.66. The van der Waals surface area contributed by atoms with Gasteiger partial charge in [0.2, 0.25) is 0 Å². The summed E-state index contributed by atoms with van der Waals surface area (Å²) in [5.41, 5.74) is 7.77. The van der Waals surface area contributed by atoms with Crippen molar-refractivity contribution in [3.05, 3.63) is 117 Å². The van der Waals surface area contributed by atoms with E-state index in [1.807, 2.05) is 104 Å². The molecule has 1 aliphatic rings. The molecule has 0 heterocycles. The number of aromatic carboxylic acids is 1. The van der Waals surface area contributed by atoms with E-state index in [0.29, 0.717) is 5.56 Å². The minimum absolute atomic E-state index is 0.253. The third kappa shape index (κ3) is 4.24. The third-order valence-corrected chi connectivity index (χ3v) is 7.15. The lowest BCUT2D eigenvalue weighted by Crippen LogP contribution is -2.29. The maximum Gasteiger partial charge on any atom is 0.336 e. The van der Waals surface area contributed by atoms with Crippen LogP contribution in [0.5, 0.6) is 11.5 Å². The normalized spacial score (nSPS) is 12.3. The summed E-state index contributed by atoms with van der Waals surface area (Å²) >= 11 is 0. The molecule has 1 aliphatic carbocycles. The minimum atomic E-state index is -0.974. The molecule has 4 heteroatoms. The molecule has 0 spiro atoms. The van der Waals surface area contributed by atoms with Gasteiger partial charge in [-0.05, 0) is 83.8 Å². The first kappa shape index (κ1) is 28.5. The third-order valence-electron chi connectivity index (χ3n) is 7.15. The zero-order chi connectivity index (χ0) is 28.4. The van der Waals surface area contributed by atoms with Crippen LogP contribution in [0.25, 0.3) is 11.1 Å². The molecule has 198 valence electrons. The van der Waals surface area contributed by atoms with Crippen molar-refractivity contribution in [1.82, 2.24) is 0 Å². The van der Waals surface area contributed by atoms with Gasteiger partial charge in [0.15, 0.2) is 0 Å². The van der Waals surface area contributed by atoms with Gasteiger partial charge in [-0.2, -0.15) is 0 Å². The monoisotopic (exact) mass is 510 g/mol. The molecule has 0 aliphatic heterocycles. The van der Waals surface area contributed by atoms with Gasteiger partial charge < -0.3 is 15.3 Å². The van der Waals surface area contributed by atoms with Crippen molar-refractivity contribution >= 4 is 5.97 Å². The molecule has 0 saturated carbocycles. The fourth-order valence-corrected chi connectivity index (χ4v) is 5.64. The molecule has 5 rings (SSSR count). The highest BCUT2D eigenvalue weighted by Gasteiger charge is 2.48. The van der Waals surface area contributed by atoms with Crippen LogP contribution in [0.1, 0.15) is 82.6 Å². The summed E-state index contributed by atoms with van der Waals surface area (Å²) in [6.45, 7) is 15.5. The van der Waals surface area contributed by atoms with Crippen LogP contribution >= 0.6 is 0 Å². The van der Waals surface area contributed by atoms with Crippen molar-refractivity contribution in [3.63, 3.8) is 0 Å². The Kier molecular flexibility index (Phi) is 8.36. The molecular formula is C34H38O4. The number of aromatic hydroxyl groups is 2. The molecule has 38 heavy (non-hydrogen) atoms. The Balaban J connectivity index is 0.000000956. The number of phenolic OH excluding ortho intramolecular Hbond substituents is 2. The quantitative estimate of drug-likeness (QED) is 0.228. The van der Waals surface area contributed by atoms with E-state index >= 15 is 0 Å². The first-order chi connectivity index (χ1) is 18.2. The maximum absolute atomic E-state index is 12.3. The summed E-state index contributed by atoms with van der Waals surface area (Å²) in [6, 6.07) is 21.3. The molecule has 0 saturated heterocycles. The number of phenols is 2. The van der Waals surface area contributed by atoms with Crippen molar-refractivity contribution in [3.8, 4) is 22.6 Å². The molecule has 0 atom stereocenters. The summed E-state index contributed by atoms with van der Waals surface area (Å²) in [6.07, 6.45) is 0. The lowest BCUT2D eigenvalue weighted by Gasteiger charge is -2.35. The number of carbonyl (C=O) groups is 1. The molecule has 0 fully saturated rings. The van der Waals surface area contributed by atoms with E-state index in [2.05, 4.69) is 6.07 Å². The Morgan fingerprint density at radius 2 is 1.05 bits per heavy atom. The summed E-state index contributed by atoms with van der Waals surface area (Å²) in [5, 5.41) is 31.2. The number of rotatable bonds is 3. The zero-order valence-electron chi connectivity index (χ0n) is 23.6. The van der Waals surface area contributed by atoms with Crippen LogP contribution in [0.4, 0.5) is 0 Å². The highest BCUT2D eigenvalue weighted by Crippen LogP contribution is 2.58. The Morgan fingerprint density at radius 3 is 1.50 bits per heavy atom. The molecule has 0 bridgehead atoms. The average molecular weight is 511 g/mol. The lowest BCUT2D eigenvalue weighted by molar-refractivity contribution is 0.0697. The van der Waals surface area contributed by atoms with E-state index in [0.717, 1.165) is 50.1 Å². The summed E-state index contributed by atoms with van der Waals surface area (Å²) < 4.78 is 0. The Bertz CT molecular complexity index is 1390. The fourth-order valence-electron chi connectivity index (χ4n) is 5.64. The van der Waals surface area contributed by atoms with Crippen LogP contribution in [0, 0.1) is 27.7 Å². The molecule has 3 N–H and O–H groups in total.